The molecular formula is C34H31NO8. The summed E-state index contributed by atoms with van der Waals surface area (Å²) in [6, 6.07) is 23.6. The Bertz CT molecular complexity index is 1710. The third-order valence-electron chi connectivity index (χ3n) is 7.24. The first-order chi connectivity index (χ1) is 20.7. The minimum atomic E-state index is -1.82. The normalized spacial score (nSPS) is 17.0. The van der Waals surface area contributed by atoms with Gasteiger partial charge in [0.2, 0.25) is 6.79 Å². The highest BCUT2D eigenvalue weighted by atomic mass is 17.1. The number of hydrogen-bond donors (Lipinski definition) is 1. The number of rotatable bonds is 8. The number of methoxy groups -OCH3 is 1. The van der Waals surface area contributed by atoms with Crippen molar-refractivity contribution in [3.8, 4) is 23.0 Å². The second-order valence-corrected chi connectivity index (χ2v) is 11.1. The number of ether oxygens (including phenoxy) is 5. The van der Waals surface area contributed by atoms with Crippen LogP contribution in [0.1, 0.15) is 48.7 Å². The first kappa shape index (κ1) is 28.3. The first-order valence-electron chi connectivity index (χ1n) is 13.8. The zero-order valence-electron chi connectivity index (χ0n) is 24.2. The zero-order chi connectivity index (χ0) is 30.2. The SMILES string of the molecule is COc1ccc(C2=C(C(=O)OC(C)(C)C)C(OO)(c3ccc4c(c3)OCO4)c3cccnc32)c(OCc2ccccc2)c1. The molecule has 1 unspecified atom stereocenters. The second-order valence-electron chi connectivity index (χ2n) is 11.1. The van der Waals surface area contributed by atoms with E-state index in [-0.39, 0.29) is 19.0 Å². The fraction of sp³-hybridized carbons (Fsp3) is 0.235. The molecule has 0 saturated heterocycles. The number of nitrogens with zero attached hydrogens (tertiary/aromatic N) is 1. The van der Waals surface area contributed by atoms with Crippen LogP contribution in [-0.4, -0.2) is 35.7 Å². The van der Waals surface area contributed by atoms with Crippen LogP contribution in [-0.2, 0) is 26.6 Å². The van der Waals surface area contributed by atoms with E-state index in [4.69, 9.17) is 28.6 Å². The molecule has 2 heterocycles. The van der Waals surface area contributed by atoms with E-state index < -0.39 is 17.2 Å². The summed E-state index contributed by atoms with van der Waals surface area (Å²) in [5.74, 6) is 1.29. The minimum absolute atomic E-state index is 0.0345. The van der Waals surface area contributed by atoms with E-state index in [2.05, 4.69) is 4.98 Å². The number of esters is 1. The van der Waals surface area contributed by atoms with Gasteiger partial charge in [-0.15, -0.1) is 0 Å². The third-order valence-corrected chi connectivity index (χ3v) is 7.24. The van der Waals surface area contributed by atoms with Crippen LogP contribution < -0.4 is 18.9 Å². The van der Waals surface area contributed by atoms with Crippen LogP contribution in [0.5, 0.6) is 23.0 Å². The summed E-state index contributed by atoms with van der Waals surface area (Å²) in [4.78, 5) is 24.4. The van der Waals surface area contributed by atoms with Crippen LogP contribution in [0.25, 0.3) is 5.57 Å². The lowest BCUT2D eigenvalue weighted by Crippen LogP contribution is -2.37. The third kappa shape index (κ3) is 5.07. The molecule has 4 aromatic rings. The Morgan fingerprint density at radius 2 is 1.77 bits per heavy atom. The summed E-state index contributed by atoms with van der Waals surface area (Å²) in [6.45, 7) is 5.63. The average molecular weight is 582 g/mol. The van der Waals surface area contributed by atoms with Gasteiger partial charge in [0.15, 0.2) is 17.1 Å². The van der Waals surface area contributed by atoms with E-state index in [1.54, 1.807) is 82.6 Å². The van der Waals surface area contributed by atoms with Gasteiger partial charge in [-0.3, -0.25) is 10.2 Å². The van der Waals surface area contributed by atoms with Gasteiger partial charge in [-0.25, -0.2) is 9.68 Å². The largest absolute Gasteiger partial charge is 0.497 e. The van der Waals surface area contributed by atoms with Crippen LogP contribution in [0.4, 0.5) is 0 Å². The molecule has 9 heteroatoms. The van der Waals surface area contributed by atoms with Gasteiger partial charge < -0.3 is 23.7 Å². The van der Waals surface area contributed by atoms with Gasteiger partial charge in [0.05, 0.1) is 18.4 Å². The lowest BCUT2D eigenvalue weighted by atomic mass is 9.82. The van der Waals surface area contributed by atoms with Gasteiger partial charge >= 0.3 is 5.97 Å². The molecule has 0 fully saturated rings. The molecule has 0 saturated carbocycles. The Balaban J connectivity index is 1.62. The van der Waals surface area contributed by atoms with E-state index in [0.29, 0.717) is 51.0 Å². The molecule has 43 heavy (non-hydrogen) atoms. The molecule has 1 aromatic heterocycles. The van der Waals surface area contributed by atoms with Crippen molar-refractivity contribution in [1.82, 2.24) is 4.98 Å². The molecule has 0 spiro atoms. The predicted octanol–water partition coefficient (Wildman–Crippen LogP) is 6.29. The lowest BCUT2D eigenvalue weighted by molar-refractivity contribution is -0.302. The van der Waals surface area contributed by atoms with Gasteiger partial charge in [0.1, 0.15) is 23.7 Å². The van der Waals surface area contributed by atoms with Gasteiger partial charge in [-0.05, 0) is 56.7 Å². The molecule has 6 rings (SSSR count). The smallest absolute Gasteiger partial charge is 0.339 e. The van der Waals surface area contributed by atoms with Gasteiger partial charge in [0.25, 0.3) is 0 Å². The van der Waals surface area contributed by atoms with Gasteiger partial charge in [0, 0.05) is 34.5 Å². The number of carbonyl (C=O) groups excluding carboxylic acids is 1. The van der Waals surface area contributed by atoms with Gasteiger partial charge in [-0.2, -0.15) is 0 Å². The Hall–Kier alpha value is -4.86. The maximum atomic E-state index is 14.3. The quantitative estimate of drug-likeness (QED) is 0.146. The highest BCUT2D eigenvalue weighted by Gasteiger charge is 2.54. The molecule has 0 radical (unpaired) electrons. The molecule has 1 aliphatic heterocycles. The van der Waals surface area contributed by atoms with Crippen molar-refractivity contribution in [1.29, 1.82) is 0 Å². The Morgan fingerprint density at radius 1 is 0.977 bits per heavy atom. The highest BCUT2D eigenvalue weighted by Crippen LogP contribution is 2.55. The fourth-order valence-corrected chi connectivity index (χ4v) is 5.41. The van der Waals surface area contributed by atoms with E-state index in [9.17, 15) is 10.1 Å². The van der Waals surface area contributed by atoms with Gasteiger partial charge in [-0.1, -0.05) is 42.5 Å². The lowest BCUT2D eigenvalue weighted by Gasteiger charge is -2.31. The molecular weight excluding hydrogens is 550 g/mol. The molecule has 1 N–H and O–H groups in total. The average Bonchev–Trinajstić information content (AvgIpc) is 3.60. The number of hydrogen-bond acceptors (Lipinski definition) is 9. The van der Waals surface area contributed by atoms with E-state index in [0.717, 1.165) is 5.56 Å². The molecule has 1 atom stereocenters. The zero-order valence-corrected chi connectivity index (χ0v) is 24.2. The van der Waals surface area contributed by atoms with Crippen LogP contribution in [0.15, 0.2) is 90.6 Å². The molecule has 2 aliphatic rings. The predicted molar refractivity (Wildman–Crippen MR) is 157 cm³/mol. The highest BCUT2D eigenvalue weighted by molar-refractivity contribution is 6.08. The van der Waals surface area contributed by atoms with Crippen molar-refractivity contribution in [3.63, 3.8) is 0 Å². The minimum Gasteiger partial charge on any atom is -0.497 e. The van der Waals surface area contributed by atoms with Crippen LogP contribution in [0, 0.1) is 0 Å². The Kier molecular flexibility index (Phi) is 7.29. The summed E-state index contributed by atoms with van der Waals surface area (Å²) in [7, 11) is 1.57. The van der Waals surface area contributed by atoms with E-state index in [1.165, 1.54) is 0 Å². The topological polar surface area (TPSA) is 106 Å². The maximum absolute atomic E-state index is 14.3. The second kappa shape index (κ2) is 11.1. The number of benzene rings is 3. The molecule has 9 nitrogen and oxygen atoms in total. The monoisotopic (exact) mass is 581 g/mol. The van der Waals surface area contributed by atoms with Crippen LogP contribution >= 0.6 is 0 Å². The summed E-state index contributed by atoms with van der Waals surface area (Å²) >= 11 is 0. The molecule has 0 amide bonds. The van der Waals surface area contributed by atoms with Crippen molar-refractivity contribution in [2.24, 2.45) is 0 Å². The first-order valence-corrected chi connectivity index (χ1v) is 13.8. The Morgan fingerprint density at radius 3 is 2.51 bits per heavy atom. The Labute approximate surface area is 249 Å². The summed E-state index contributed by atoms with van der Waals surface area (Å²) in [6.07, 6.45) is 1.62. The number of fused-ring (bicyclic) bond motifs is 2. The van der Waals surface area contributed by atoms with E-state index >= 15 is 0 Å². The summed E-state index contributed by atoms with van der Waals surface area (Å²) in [5, 5.41) is 10.9. The molecule has 0 bridgehead atoms. The van der Waals surface area contributed by atoms with Crippen molar-refractivity contribution in [2.45, 2.75) is 38.6 Å². The van der Waals surface area contributed by atoms with Crippen molar-refractivity contribution in [2.75, 3.05) is 13.9 Å². The number of carbonyl (C=O) groups is 1. The van der Waals surface area contributed by atoms with Crippen LogP contribution in [0.3, 0.4) is 0 Å². The standard InChI is InChI=1S/C34H31NO8/c1-33(2,3)42-32(36)30-29(24-14-13-23(38-4)18-27(24)39-19-21-9-6-5-7-10-21)31-25(11-8-16-35-31)34(30,43-37)22-12-15-26-28(17-22)41-20-40-26/h5-18,37H,19-20H2,1-4H3. The molecule has 1 aliphatic carbocycles. The van der Waals surface area contributed by atoms with Crippen molar-refractivity contribution >= 4 is 11.5 Å². The van der Waals surface area contributed by atoms with Crippen molar-refractivity contribution in [3.05, 3.63) is 119 Å². The number of aromatic nitrogens is 1. The summed E-state index contributed by atoms with van der Waals surface area (Å²) in [5.41, 5.74) is 0.521. The molecule has 3 aromatic carbocycles. The maximum Gasteiger partial charge on any atom is 0.339 e. The van der Waals surface area contributed by atoms with E-state index in [1.807, 2.05) is 30.3 Å². The van der Waals surface area contributed by atoms with Crippen LogP contribution in [0.2, 0.25) is 0 Å². The summed E-state index contributed by atoms with van der Waals surface area (Å²) < 4.78 is 29.0. The van der Waals surface area contributed by atoms with Crippen molar-refractivity contribution < 1.29 is 38.6 Å². The molecule has 220 valence electrons. The fourth-order valence-electron chi connectivity index (χ4n) is 5.41. The number of pyridine rings is 1.